The van der Waals surface area contributed by atoms with Gasteiger partial charge in [0.1, 0.15) is 5.82 Å². The second kappa shape index (κ2) is 5.57. The zero-order valence-electron chi connectivity index (χ0n) is 11.3. The summed E-state index contributed by atoms with van der Waals surface area (Å²) in [6, 6.07) is 4.49. The third-order valence-corrected chi connectivity index (χ3v) is 3.52. The summed E-state index contributed by atoms with van der Waals surface area (Å²) >= 11 is 0. The van der Waals surface area contributed by atoms with Gasteiger partial charge in [-0.1, -0.05) is 6.07 Å². The maximum Gasteiger partial charge on any atom is 0.253 e. The number of hydrogen-bond acceptors (Lipinski definition) is 3. The molecule has 1 heterocycles. The van der Waals surface area contributed by atoms with Crippen LogP contribution in [-0.2, 0) is 4.74 Å². The second-order valence-electron chi connectivity index (χ2n) is 5.04. The number of halogens is 1. The van der Waals surface area contributed by atoms with Crippen molar-refractivity contribution in [1.29, 1.82) is 0 Å². The Bertz CT molecular complexity index is 471. The Morgan fingerprint density at radius 1 is 1.37 bits per heavy atom. The van der Waals surface area contributed by atoms with Gasteiger partial charge < -0.3 is 15.4 Å². The third-order valence-electron chi connectivity index (χ3n) is 3.52. The first-order chi connectivity index (χ1) is 9.06. The van der Waals surface area contributed by atoms with Gasteiger partial charge >= 0.3 is 0 Å². The van der Waals surface area contributed by atoms with Crippen molar-refractivity contribution in [3.63, 3.8) is 0 Å². The zero-order valence-corrected chi connectivity index (χ0v) is 11.3. The zero-order chi connectivity index (χ0) is 13.9. The summed E-state index contributed by atoms with van der Waals surface area (Å²) in [5.74, 6) is -0.680. The van der Waals surface area contributed by atoms with E-state index < -0.39 is 5.82 Å². The lowest BCUT2D eigenvalue weighted by Gasteiger charge is -2.34. The molecule has 2 rings (SSSR count). The van der Waals surface area contributed by atoms with Gasteiger partial charge in [0, 0.05) is 25.8 Å². The van der Waals surface area contributed by atoms with E-state index in [0.29, 0.717) is 18.8 Å². The van der Waals surface area contributed by atoms with Gasteiger partial charge in [-0.25, -0.2) is 4.39 Å². The molecule has 2 N–H and O–H groups in total. The van der Waals surface area contributed by atoms with Crippen molar-refractivity contribution in [2.24, 2.45) is 0 Å². The van der Waals surface area contributed by atoms with Crippen molar-refractivity contribution >= 4 is 11.6 Å². The number of carbonyl (C=O) groups excluding carboxylic acids is 1. The highest BCUT2D eigenvalue weighted by Crippen LogP contribution is 2.23. The predicted octanol–water partition coefficient (Wildman–Crippen LogP) is 2.17. The highest BCUT2D eigenvalue weighted by atomic mass is 19.1. The van der Waals surface area contributed by atoms with Crippen molar-refractivity contribution in [1.82, 2.24) is 5.32 Å². The van der Waals surface area contributed by atoms with E-state index in [1.54, 1.807) is 13.1 Å². The topological polar surface area (TPSA) is 50.4 Å². The lowest BCUT2D eigenvalue weighted by Crippen LogP contribution is -2.49. The lowest BCUT2D eigenvalue weighted by atomic mass is 9.92. The summed E-state index contributed by atoms with van der Waals surface area (Å²) in [6.07, 6.45) is 1.53. The molecule has 1 amide bonds. The molecule has 1 aliphatic heterocycles. The molecule has 0 aromatic heterocycles. The summed E-state index contributed by atoms with van der Waals surface area (Å²) in [7, 11) is 1.60. The molecular weight excluding hydrogens is 247 g/mol. The average Bonchev–Trinajstić information content (AvgIpc) is 2.38. The first kappa shape index (κ1) is 13.8. The molecule has 19 heavy (non-hydrogen) atoms. The van der Waals surface area contributed by atoms with Gasteiger partial charge in [0.15, 0.2) is 0 Å². The maximum atomic E-state index is 13.6. The Hall–Kier alpha value is -1.62. The summed E-state index contributed by atoms with van der Waals surface area (Å²) in [6.45, 7) is 3.27. The van der Waals surface area contributed by atoms with E-state index in [4.69, 9.17) is 4.74 Å². The molecule has 1 aromatic rings. The SMILES string of the molecule is CNc1c(F)cccc1C(=O)NC1(C)CCOCC1. The molecule has 0 radical (unpaired) electrons. The fourth-order valence-electron chi connectivity index (χ4n) is 2.26. The molecule has 0 spiro atoms. The van der Waals surface area contributed by atoms with Gasteiger partial charge in [0.05, 0.1) is 11.3 Å². The van der Waals surface area contributed by atoms with Gasteiger partial charge in [0.2, 0.25) is 0 Å². The minimum atomic E-state index is -0.424. The van der Waals surface area contributed by atoms with Crippen LogP contribution in [0.2, 0.25) is 0 Å². The lowest BCUT2D eigenvalue weighted by molar-refractivity contribution is 0.0423. The van der Waals surface area contributed by atoms with E-state index in [1.165, 1.54) is 12.1 Å². The fraction of sp³-hybridized carbons (Fsp3) is 0.500. The average molecular weight is 266 g/mol. The van der Waals surface area contributed by atoms with Crippen LogP contribution in [0, 0.1) is 5.82 Å². The van der Waals surface area contributed by atoms with Crippen LogP contribution in [0.15, 0.2) is 18.2 Å². The van der Waals surface area contributed by atoms with Crippen molar-refractivity contribution in [3.05, 3.63) is 29.6 Å². The molecule has 1 aromatic carbocycles. The van der Waals surface area contributed by atoms with Gasteiger partial charge in [-0.2, -0.15) is 0 Å². The van der Waals surface area contributed by atoms with Gasteiger partial charge in [-0.15, -0.1) is 0 Å². The van der Waals surface area contributed by atoms with E-state index in [0.717, 1.165) is 12.8 Å². The predicted molar refractivity (Wildman–Crippen MR) is 71.9 cm³/mol. The molecule has 0 unspecified atom stereocenters. The highest BCUT2D eigenvalue weighted by molar-refractivity contribution is 6.00. The van der Waals surface area contributed by atoms with E-state index in [9.17, 15) is 9.18 Å². The van der Waals surface area contributed by atoms with Crippen LogP contribution in [0.4, 0.5) is 10.1 Å². The van der Waals surface area contributed by atoms with E-state index in [1.807, 2.05) is 6.92 Å². The number of nitrogens with one attached hydrogen (secondary N) is 2. The van der Waals surface area contributed by atoms with Crippen LogP contribution in [0.3, 0.4) is 0 Å². The number of ether oxygens (including phenoxy) is 1. The van der Waals surface area contributed by atoms with Gasteiger partial charge in [0.25, 0.3) is 5.91 Å². The molecular formula is C14H19FN2O2. The van der Waals surface area contributed by atoms with Crippen molar-refractivity contribution in [2.45, 2.75) is 25.3 Å². The van der Waals surface area contributed by atoms with Crippen LogP contribution in [0.1, 0.15) is 30.1 Å². The quantitative estimate of drug-likeness (QED) is 0.881. The maximum absolute atomic E-state index is 13.6. The summed E-state index contributed by atoms with van der Waals surface area (Å²) in [5.41, 5.74) is 0.276. The fourth-order valence-corrected chi connectivity index (χ4v) is 2.26. The molecule has 5 heteroatoms. The van der Waals surface area contributed by atoms with Crippen LogP contribution in [-0.4, -0.2) is 31.7 Å². The first-order valence-electron chi connectivity index (χ1n) is 6.42. The summed E-state index contributed by atoms with van der Waals surface area (Å²) in [4.78, 5) is 12.3. The second-order valence-corrected chi connectivity index (χ2v) is 5.04. The Morgan fingerprint density at radius 2 is 2.05 bits per heavy atom. The number of rotatable bonds is 3. The molecule has 4 nitrogen and oxygen atoms in total. The number of amides is 1. The number of para-hydroxylation sites is 1. The van der Waals surface area contributed by atoms with E-state index >= 15 is 0 Å². The van der Waals surface area contributed by atoms with E-state index in [2.05, 4.69) is 10.6 Å². The van der Waals surface area contributed by atoms with Gasteiger partial charge in [-0.3, -0.25) is 4.79 Å². The number of anilines is 1. The smallest absolute Gasteiger partial charge is 0.253 e. The van der Waals surface area contributed by atoms with Crippen LogP contribution in [0.25, 0.3) is 0 Å². The van der Waals surface area contributed by atoms with Crippen LogP contribution in [0.5, 0.6) is 0 Å². The van der Waals surface area contributed by atoms with Crippen LogP contribution < -0.4 is 10.6 Å². The molecule has 0 atom stereocenters. The third kappa shape index (κ3) is 3.04. The molecule has 0 saturated carbocycles. The number of hydrogen-bond donors (Lipinski definition) is 2. The Morgan fingerprint density at radius 3 is 2.68 bits per heavy atom. The van der Waals surface area contributed by atoms with E-state index in [-0.39, 0.29) is 17.1 Å². The highest BCUT2D eigenvalue weighted by Gasteiger charge is 2.30. The summed E-state index contributed by atoms with van der Waals surface area (Å²) < 4.78 is 18.9. The number of carbonyl (C=O) groups is 1. The van der Waals surface area contributed by atoms with Crippen molar-refractivity contribution in [3.8, 4) is 0 Å². The molecule has 104 valence electrons. The Kier molecular flexibility index (Phi) is 4.04. The minimum Gasteiger partial charge on any atom is -0.385 e. The van der Waals surface area contributed by atoms with Gasteiger partial charge in [-0.05, 0) is 31.9 Å². The monoisotopic (exact) mass is 266 g/mol. The first-order valence-corrected chi connectivity index (χ1v) is 6.42. The largest absolute Gasteiger partial charge is 0.385 e. The molecule has 1 fully saturated rings. The number of benzene rings is 1. The molecule has 0 aliphatic carbocycles. The normalized spacial score (nSPS) is 17.8. The molecule has 0 bridgehead atoms. The van der Waals surface area contributed by atoms with Crippen LogP contribution >= 0.6 is 0 Å². The molecule has 1 aliphatic rings. The Balaban J connectivity index is 2.18. The standard InChI is InChI=1S/C14H19FN2O2/c1-14(6-8-19-9-7-14)17-13(18)10-4-3-5-11(15)12(10)16-2/h3-5,16H,6-9H2,1-2H3,(H,17,18). The van der Waals surface area contributed by atoms with Crippen molar-refractivity contribution in [2.75, 3.05) is 25.6 Å². The Labute approximate surface area is 112 Å². The van der Waals surface area contributed by atoms with Crippen molar-refractivity contribution < 1.29 is 13.9 Å². The summed E-state index contributed by atoms with van der Waals surface area (Å²) in [5, 5.41) is 5.72. The molecule has 1 saturated heterocycles. The minimum absolute atomic E-state index is 0.232.